The summed E-state index contributed by atoms with van der Waals surface area (Å²) in [6.07, 6.45) is 0. The van der Waals surface area contributed by atoms with Gasteiger partial charge in [0.05, 0.1) is 6.54 Å². The van der Waals surface area contributed by atoms with Gasteiger partial charge in [-0.15, -0.1) is 0 Å². The minimum atomic E-state index is 0.119. The van der Waals surface area contributed by atoms with Gasteiger partial charge in [-0.05, 0) is 19.1 Å². The van der Waals surface area contributed by atoms with Crippen molar-refractivity contribution >= 4 is 23.5 Å². The molecule has 1 aliphatic heterocycles. The fourth-order valence-electron chi connectivity index (χ4n) is 2.75. The lowest BCUT2D eigenvalue weighted by Gasteiger charge is -2.33. The van der Waals surface area contributed by atoms with E-state index in [0.29, 0.717) is 18.3 Å². The van der Waals surface area contributed by atoms with Crippen LogP contribution in [0.25, 0.3) is 0 Å². The first kappa shape index (κ1) is 17.1. The minimum absolute atomic E-state index is 0.119. The number of nitrogens with two attached hydrogens (primary N) is 1. The van der Waals surface area contributed by atoms with Gasteiger partial charge in [0.25, 0.3) is 0 Å². The molecule has 1 amide bonds. The third-order valence-electron chi connectivity index (χ3n) is 4.19. The lowest BCUT2D eigenvalue weighted by molar-refractivity contribution is -0.130. The lowest BCUT2D eigenvalue weighted by atomic mass is 10.2. The fraction of sp³-hybridized carbons (Fsp3) is 0.412. The van der Waals surface area contributed by atoms with Crippen molar-refractivity contribution in [1.82, 2.24) is 24.8 Å². The van der Waals surface area contributed by atoms with E-state index in [1.165, 1.54) is 5.56 Å². The summed E-state index contributed by atoms with van der Waals surface area (Å²) in [4.78, 5) is 28.3. The molecule has 8 heteroatoms. The van der Waals surface area contributed by atoms with E-state index in [4.69, 9.17) is 5.73 Å². The predicted octanol–water partition coefficient (Wildman–Crippen LogP) is 1.17. The minimum Gasteiger partial charge on any atom is -0.368 e. The number of nitrogens with zero attached hydrogens (tertiary/aromatic N) is 5. The van der Waals surface area contributed by atoms with E-state index in [-0.39, 0.29) is 11.9 Å². The van der Waals surface area contributed by atoms with Crippen molar-refractivity contribution in [2.75, 3.05) is 37.2 Å². The number of aromatic nitrogens is 3. The van der Waals surface area contributed by atoms with E-state index < -0.39 is 0 Å². The molecule has 2 heterocycles. The van der Waals surface area contributed by atoms with Gasteiger partial charge in [-0.3, -0.25) is 9.69 Å². The average Bonchev–Trinajstić information content (AvgIpc) is 2.57. The summed E-state index contributed by atoms with van der Waals surface area (Å²) in [5, 5.41) is 3.16. The maximum atomic E-state index is 11.4. The van der Waals surface area contributed by atoms with Gasteiger partial charge in [-0.25, -0.2) is 0 Å². The Morgan fingerprint density at radius 1 is 1.12 bits per heavy atom. The summed E-state index contributed by atoms with van der Waals surface area (Å²) in [5.74, 6) is 1.38. The van der Waals surface area contributed by atoms with E-state index in [1.807, 2.05) is 36.1 Å². The first-order chi connectivity index (χ1) is 12.0. The van der Waals surface area contributed by atoms with Crippen LogP contribution in [0, 0.1) is 6.92 Å². The Kier molecular flexibility index (Phi) is 5.08. The first-order valence-electron chi connectivity index (χ1n) is 8.31. The second-order valence-electron chi connectivity index (χ2n) is 6.21. The number of benzene rings is 1. The molecule has 25 heavy (non-hydrogen) atoms. The van der Waals surface area contributed by atoms with Crippen LogP contribution in [-0.4, -0.2) is 56.8 Å². The number of hydrogen-bond donors (Lipinski definition) is 2. The van der Waals surface area contributed by atoms with Crippen molar-refractivity contribution in [2.24, 2.45) is 0 Å². The summed E-state index contributed by atoms with van der Waals surface area (Å²) in [6, 6.07) is 7.97. The third kappa shape index (κ3) is 4.63. The van der Waals surface area contributed by atoms with Crippen LogP contribution < -0.4 is 11.1 Å². The van der Waals surface area contributed by atoms with Crippen molar-refractivity contribution in [3.63, 3.8) is 0 Å². The Hall–Kier alpha value is -2.74. The molecule has 0 saturated carbocycles. The number of nitrogens with one attached hydrogen (secondary N) is 1. The van der Waals surface area contributed by atoms with Crippen LogP contribution in [0.4, 0.5) is 17.6 Å². The zero-order valence-electron chi connectivity index (χ0n) is 14.6. The monoisotopic (exact) mass is 341 g/mol. The third-order valence-corrected chi connectivity index (χ3v) is 4.19. The Bertz CT molecular complexity index is 739. The van der Waals surface area contributed by atoms with Gasteiger partial charge < -0.3 is 16.0 Å². The van der Waals surface area contributed by atoms with Gasteiger partial charge in [-0.1, -0.05) is 17.7 Å². The molecule has 2 aromatic rings. The first-order valence-corrected chi connectivity index (χ1v) is 8.31. The van der Waals surface area contributed by atoms with Crippen molar-refractivity contribution in [1.29, 1.82) is 0 Å². The topological polar surface area (TPSA) is 100 Å². The molecule has 0 unspecified atom stereocenters. The summed E-state index contributed by atoms with van der Waals surface area (Å²) < 4.78 is 0. The Balaban J connectivity index is 1.65. The number of anilines is 3. The molecule has 0 atom stereocenters. The maximum Gasteiger partial charge on any atom is 0.232 e. The Morgan fingerprint density at radius 2 is 1.80 bits per heavy atom. The Morgan fingerprint density at radius 3 is 2.44 bits per heavy atom. The van der Waals surface area contributed by atoms with Crippen LogP contribution in [0.2, 0.25) is 0 Å². The predicted molar refractivity (Wildman–Crippen MR) is 96.2 cm³/mol. The number of hydrogen-bond acceptors (Lipinski definition) is 7. The van der Waals surface area contributed by atoms with E-state index in [9.17, 15) is 4.79 Å². The highest BCUT2D eigenvalue weighted by molar-refractivity contribution is 5.73. The van der Waals surface area contributed by atoms with Gasteiger partial charge in [0, 0.05) is 38.8 Å². The smallest absolute Gasteiger partial charge is 0.232 e. The van der Waals surface area contributed by atoms with Gasteiger partial charge >= 0.3 is 0 Å². The van der Waals surface area contributed by atoms with Gasteiger partial charge in [-0.2, -0.15) is 15.0 Å². The van der Waals surface area contributed by atoms with Crippen molar-refractivity contribution in [3.05, 3.63) is 35.7 Å². The largest absolute Gasteiger partial charge is 0.368 e. The van der Waals surface area contributed by atoms with Crippen molar-refractivity contribution in [2.45, 2.75) is 20.4 Å². The van der Waals surface area contributed by atoms with Crippen LogP contribution in [0.3, 0.4) is 0 Å². The molecule has 0 spiro atoms. The molecule has 1 aromatic heterocycles. The molecule has 132 valence electrons. The fourth-order valence-corrected chi connectivity index (χ4v) is 2.75. The van der Waals surface area contributed by atoms with Crippen LogP contribution in [0.5, 0.6) is 0 Å². The maximum absolute atomic E-state index is 11.4. The molecule has 1 aromatic carbocycles. The van der Waals surface area contributed by atoms with Gasteiger partial charge in [0.15, 0.2) is 0 Å². The molecule has 3 rings (SSSR count). The molecule has 0 bridgehead atoms. The van der Waals surface area contributed by atoms with E-state index in [2.05, 4.69) is 25.2 Å². The Labute approximate surface area is 147 Å². The highest BCUT2D eigenvalue weighted by Crippen LogP contribution is 2.15. The lowest BCUT2D eigenvalue weighted by Crippen LogP contribution is -2.47. The molecule has 1 fully saturated rings. The van der Waals surface area contributed by atoms with Crippen LogP contribution in [0.1, 0.15) is 18.3 Å². The number of carbonyl (C=O) groups excluding carboxylic acids is 1. The van der Waals surface area contributed by atoms with Crippen LogP contribution in [-0.2, 0) is 11.3 Å². The zero-order valence-corrected chi connectivity index (χ0v) is 14.6. The summed E-state index contributed by atoms with van der Waals surface area (Å²) in [6.45, 7) is 7.27. The summed E-state index contributed by atoms with van der Waals surface area (Å²) in [5.41, 5.74) is 7.92. The number of aryl methyl sites for hydroxylation is 1. The molecule has 8 nitrogen and oxygen atoms in total. The molecule has 3 N–H and O–H groups in total. The highest BCUT2D eigenvalue weighted by Gasteiger charge is 2.19. The van der Waals surface area contributed by atoms with Gasteiger partial charge in [0.1, 0.15) is 5.82 Å². The van der Waals surface area contributed by atoms with Crippen LogP contribution >= 0.6 is 0 Å². The SMILES string of the molecule is CC(=O)N1CCN(Cc2nc(N)nc(Nc3ccc(C)cc3)n2)CC1. The van der Waals surface area contributed by atoms with Crippen LogP contribution in [0.15, 0.2) is 24.3 Å². The normalized spacial score (nSPS) is 15.2. The summed E-state index contributed by atoms with van der Waals surface area (Å²) >= 11 is 0. The zero-order chi connectivity index (χ0) is 17.8. The van der Waals surface area contributed by atoms with E-state index in [1.54, 1.807) is 6.92 Å². The second kappa shape index (κ2) is 7.43. The molecule has 0 radical (unpaired) electrons. The summed E-state index contributed by atoms with van der Waals surface area (Å²) in [7, 11) is 0. The number of carbonyl (C=O) groups is 1. The standard InChI is InChI=1S/C17H23N7O/c1-12-3-5-14(6-4-12)19-17-21-15(20-16(18)22-17)11-23-7-9-24(10-8-23)13(2)25/h3-6H,7-11H2,1-2H3,(H3,18,19,20,21,22). The number of amides is 1. The van der Waals surface area contributed by atoms with Crippen molar-refractivity contribution < 1.29 is 4.79 Å². The molecular weight excluding hydrogens is 318 g/mol. The molecule has 0 aliphatic carbocycles. The number of nitrogen functional groups attached to an aromatic ring is 1. The molecular formula is C17H23N7O. The van der Waals surface area contributed by atoms with Crippen molar-refractivity contribution in [3.8, 4) is 0 Å². The molecule has 1 aliphatic rings. The van der Waals surface area contributed by atoms with E-state index >= 15 is 0 Å². The second-order valence-corrected chi connectivity index (χ2v) is 6.21. The average molecular weight is 341 g/mol. The highest BCUT2D eigenvalue weighted by atomic mass is 16.2. The quantitative estimate of drug-likeness (QED) is 0.861. The molecule has 1 saturated heterocycles. The number of rotatable bonds is 4. The van der Waals surface area contributed by atoms with E-state index in [0.717, 1.165) is 31.9 Å². The van der Waals surface area contributed by atoms with Gasteiger partial charge in [0.2, 0.25) is 17.8 Å². The number of piperazine rings is 1.